The van der Waals surface area contributed by atoms with Gasteiger partial charge in [0.1, 0.15) is 0 Å². The van der Waals surface area contributed by atoms with Crippen LogP contribution in [0.5, 0.6) is 11.5 Å². The van der Waals surface area contributed by atoms with Gasteiger partial charge in [-0.05, 0) is 46.8 Å². The lowest BCUT2D eigenvalue weighted by molar-refractivity contribution is -0.120. The SMILES string of the molecule is COc1ccc(CC(=O)NCC(O)c2ccc3c(ccn3C)c2)cc1OC. The van der Waals surface area contributed by atoms with E-state index in [4.69, 9.17) is 9.47 Å². The zero-order valence-electron chi connectivity index (χ0n) is 15.7. The summed E-state index contributed by atoms with van der Waals surface area (Å²) in [6, 6.07) is 13.2. The minimum absolute atomic E-state index is 0.157. The summed E-state index contributed by atoms with van der Waals surface area (Å²) in [4.78, 5) is 12.2. The summed E-state index contributed by atoms with van der Waals surface area (Å²) in [5.41, 5.74) is 2.69. The maximum absolute atomic E-state index is 12.2. The molecule has 0 saturated carbocycles. The van der Waals surface area contributed by atoms with E-state index < -0.39 is 6.10 Å². The van der Waals surface area contributed by atoms with Crippen LogP contribution in [0.1, 0.15) is 17.2 Å². The molecule has 1 aromatic heterocycles. The summed E-state index contributed by atoms with van der Waals surface area (Å²) in [7, 11) is 5.10. The number of methoxy groups -OCH3 is 2. The number of nitrogens with one attached hydrogen (secondary N) is 1. The van der Waals surface area contributed by atoms with Crippen LogP contribution in [0.4, 0.5) is 0 Å². The topological polar surface area (TPSA) is 72.7 Å². The molecule has 142 valence electrons. The van der Waals surface area contributed by atoms with Gasteiger partial charge < -0.3 is 24.5 Å². The Morgan fingerprint density at radius 3 is 2.63 bits per heavy atom. The summed E-state index contributed by atoms with van der Waals surface area (Å²) in [6.45, 7) is 0.157. The van der Waals surface area contributed by atoms with E-state index in [1.807, 2.05) is 48.1 Å². The summed E-state index contributed by atoms with van der Waals surface area (Å²) in [6.07, 6.45) is 1.42. The average molecular weight is 368 g/mol. The number of nitrogens with zero attached hydrogens (tertiary/aromatic N) is 1. The number of hydrogen-bond donors (Lipinski definition) is 2. The van der Waals surface area contributed by atoms with Crippen molar-refractivity contribution in [2.45, 2.75) is 12.5 Å². The highest BCUT2D eigenvalue weighted by molar-refractivity contribution is 5.81. The van der Waals surface area contributed by atoms with Gasteiger partial charge in [0.25, 0.3) is 0 Å². The van der Waals surface area contributed by atoms with Gasteiger partial charge in [-0.1, -0.05) is 12.1 Å². The lowest BCUT2D eigenvalue weighted by atomic mass is 10.1. The summed E-state index contributed by atoms with van der Waals surface area (Å²) in [5, 5.41) is 14.2. The van der Waals surface area contributed by atoms with Crippen LogP contribution in [0.3, 0.4) is 0 Å². The van der Waals surface area contributed by atoms with Gasteiger partial charge in [0, 0.05) is 25.3 Å². The van der Waals surface area contributed by atoms with Gasteiger partial charge >= 0.3 is 0 Å². The molecule has 0 aliphatic carbocycles. The van der Waals surface area contributed by atoms with Crippen LogP contribution in [0.25, 0.3) is 10.9 Å². The van der Waals surface area contributed by atoms with E-state index in [1.165, 1.54) is 0 Å². The highest BCUT2D eigenvalue weighted by Crippen LogP contribution is 2.27. The van der Waals surface area contributed by atoms with Crippen molar-refractivity contribution in [2.75, 3.05) is 20.8 Å². The molecular formula is C21H24N2O4. The molecule has 3 rings (SSSR count). The second kappa shape index (κ2) is 8.14. The zero-order chi connectivity index (χ0) is 19.4. The van der Waals surface area contributed by atoms with Crippen molar-refractivity contribution in [3.8, 4) is 11.5 Å². The Balaban J connectivity index is 1.59. The Morgan fingerprint density at radius 2 is 1.89 bits per heavy atom. The molecule has 1 unspecified atom stereocenters. The first-order chi connectivity index (χ1) is 13.0. The molecule has 3 aromatic rings. The Hall–Kier alpha value is -2.99. The number of benzene rings is 2. The van der Waals surface area contributed by atoms with Crippen molar-refractivity contribution >= 4 is 16.8 Å². The molecule has 1 amide bonds. The number of amides is 1. The van der Waals surface area contributed by atoms with Crippen LogP contribution < -0.4 is 14.8 Å². The van der Waals surface area contributed by atoms with Crippen molar-refractivity contribution in [1.29, 1.82) is 0 Å². The predicted octanol–water partition coefficient (Wildman–Crippen LogP) is 2.59. The van der Waals surface area contributed by atoms with E-state index in [1.54, 1.807) is 26.4 Å². The molecule has 0 saturated heterocycles. The first-order valence-electron chi connectivity index (χ1n) is 8.72. The number of ether oxygens (including phenoxy) is 2. The molecule has 1 atom stereocenters. The van der Waals surface area contributed by atoms with E-state index >= 15 is 0 Å². The third-order valence-corrected chi connectivity index (χ3v) is 4.60. The number of hydrogen-bond acceptors (Lipinski definition) is 4. The molecule has 0 radical (unpaired) electrons. The van der Waals surface area contributed by atoms with E-state index in [0.29, 0.717) is 11.5 Å². The second-order valence-electron chi connectivity index (χ2n) is 6.43. The fourth-order valence-electron chi connectivity index (χ4n) is 3.07. The molecule has 1 heterocycles. The molecule has 0 bridgehead atoms. The number of rotatable bonds is 7. The summed E-state index contributed by atoms with van der Waals surface area (Å²) >= 11 is 0. The van der Waals surface area contributed by atoms with Crippen LogP contribution in [-0.2, 0) is 18.3 Å². The summed E-state index contributed by atoms with van der Waals surface area (Å²) < 4.78 is 12.5. The molecule has 0 fully saturated rings. The first kappa shape index (κ1) is 18.8. The van der Waals surface area contributed by atoms with Gasteiger partial charge in [-0.25, -0.2) is 0 Å². The van der Waals surface area contributed by atoms with Crippen LogP contribution in [0.2, 0.25) is 0 Å². The Kier molecular flexibility index (Phi) is 5.66. The normalized spacial score (nSPS) is 12.0. The highest BCUT2D eigenvalue weighted by atomic mass is 16.5. The van der Waals surface area contributed by atoms with Crippen molar-refractivity contribution in [1.82, 2.24) is 9.88 Å². The maximum atomic E-state index is 12.2. The molecule has 6 heteroatoms. The van der Waals surface area contributed by atoms with E-state index in [2.05, 4.69) is 5.32 Å². The number of aryl methyl sites for hydroxylation is 1. The second-order valence-corrected chi connectivity index (χ2v) is 6.43. The molecule has 27 heavy (non-hydrogen) atoms. The molecule has 2 aromatic carbocycles. The minimum Gasteiger partial charge on any atom is -0.493 e. The Morgan fingerprint density at radius 1 is 1.11 bits per heavy atom. The zero-order valence-corrected chi connectivity index (χ0v) is 15.7. The summed E-state index contributed by atoms with van der Waals surface area (Å²) in [5.74, 6) is 1.04. The van der Waals surface area contributed by atoms with E-state index in [-0.39, 0.29) is 18.9 Å². The molecule has 0 aliphatic heterocycles. The van der Waals surface area contributed by atoms with Crippen LogP contribution in [-0.4, -0.2) is 36.3 Å². The Bertz CT molecular complexity index is 949. The van der Waals surface area contributed by atoms with Crippen molar-refractivity contribution < 1.29 is 19.4 Å². The van der Waals surface area contributed by atoms with E-state index in [0.717, 1.165) is 22.0 Å². The standard InChI is InChI=1S/C21H24N2O4/c1-23-9-8-15-12-16(5-6-17(15)23)18(24)13-22-21(25)11-14-4-7-19(26-2)20(10-14)27-3/h4-10,12,18,24H,11,13H2,1-3H3,(H,22,25). The lowest BCUT2D eigenvalue weighted by Crippen LogP contribution is -2.29. The maximum Gasteiger partial charge on any atom is 0.224 e. The minimum atomic E-state index is -0.760. The van der Waals surface area contributed by atoms with Crippen LogP contribution >= 0.6 is 0 Å². The number of aliphatic hydroxyl groups is 1. The number of carbonyl (C=O) groups excluding carboxylic acids is 1. The molecule has 0 aliphatic rings. The van der Waals surface area contributed by atoms with Gasteiger partial charge in [0.15, 0.2) is 11.5 Å². The van der Waals surface area contributed by atoms with Gasteiger partial charge in [-0.15, -0.1) is 0 Å². The quantitative estimate of drug-likeness (QED) is 0.672. The number of carbonyl (C=O) groups is 1. The lowest BCUT2D eigenvalue weighted by Gasteiger charge is -2.13. The van der Waals surface area contributed by atoms with Crippen molar-refractivity contribution in [2.24, 2.45) is 7.05 Å². The molecular weight excluding hydrogens is 344 g/mol. The smallest absolute Gasteiger partial charge is 0.224 e. The van der Waals surface area contributed by atoms with Gasteiger partial charge in [0.2, 0.25) is 5.91 Å². The predicted molar refractivity (Wildman–Crippen MR) is 104 cm³/mol. The fourth-order valence-corrected chi connectivity index (χ4v) is 3.07. The number of aliphatic hydroxyl groups excluding tert-OH is 1. The third kappa shape index (κ3) is 4.23. The van der Waals surface area contributed by atoms with Gasteiger partial charge in [-0.3, -0.25) is 4.79 Å². The number of fused-ring (bicyclic) bond motifs is 1. The van der Waals surface area contributed by atoms with Crippen LogP contribution in [0, 0.1) is 0 Å². The molecule has 0 spiro atoms. The molecule has 2 N–H and O–H groups in total. The largest absolute Gasteiger partial charge is 0.493 e. The van der Waals surface area contributed by atoms with E-state index in [9.17, 15) is 9.90 Å². The fraction of sp³-hybridized carbons (Fsp3) is 0.286. The first-order valence-corrected chi connectivity index (χ1v) is 8.72. The Labute approximate surface area is 158 Å². The van der Waals surface area contributed by atoms with Crippen LogP contribution in [0.15, 0.2) is 48.7 Å². The van der Waals surface area contributed by atoms with Crippen molar-refractivity contribution in [3.05, 3.63) is 59.8 Å². The monoisotopic (exact) mass is 368 g/mol. The van der Waals surface area contributed by atoms with Gasteiger partial charge in [0.05, 0.1) is 26.7 Å². The third-order valence-electron chi connectivity index (χ3n) is 4.60. The average Bonchev–Trinajstić information content (AvgIpc) is 3.06. The highest BCUT2D eigenvalue weighted by Gasteiger charge is 2.12. The molecule has 6 nitrogen and oxygen atoms in total. The van der Waals surface area contributed by atoms with Gasteiger partial charge in [-0.2, -0.15) is 0 Å². The van der Waals surface area contributed by atoms with Crippen molar-refractivity contribution in [3.63, 3.8) is 0 Å². The number of aromatic nitrogens is 1.